The summed E-state index contributed by atoms with van der Waals surface area (Å²) < 4.78 is 1.18. The lowest BCUT2D eigenvalue weighted by Gasteiger charge is -2.33. The number of thiophene rings is 1. The zero-order valence-electron chi connectivity index (χ0n) is 17.3. The summed E-state index contributed by atoms with van der Waals surface area (Å²) in [5.41, 5.74) is 2.84. The highest BCUT2D eigenvalue weighted by Crippen LogP contribution is 2.41. The molecule has 0 fully saturated rings. The fourth-order valence-electron chi connectivity index (χ4n) is 4.01. The number of nitrogens with one attached hydrogen (secondary N) is 1. The number of carbonyl (C=O) groups excluding carboxylic acids is 1. The van der Waals surface area contributed by atoms with E-state index in [0.717, 1.165) is 36.1 Å². The molecule has 0 bridgehead atoms. The Kier molecular flexibility index (Phi) is 5.02. The lowest BCUT2D eigenvalue weighted by atomic mass is 9.72. The van der Waals surface area contributed by atoms with Crippen molar-refractivity contribution in [2.75, 3.05) is 5.32 Å². The number of aromatic nitrogens is 3. The molecule has 2 heterocycles. The van der Waals surface area contributed by atoms with Gasteiger partial charge >= 0.3 is 0 Å². The van der Waals surface area contributed by atoms with Crippen LogP contribution in [0.3, 0.4) is 0 Å². The maximum Gasteiger partial charge on any atom is 0.279 e. The average Bonchev–Trinajstić information content (AvgIpc) is 3.03. The van der Waals surface area contributed by atoms with Crippen molar-refractivity contribution < 1.29 is 4.79 Å². The minimum atomic E-state index is -0.285. The van der Waals surface area contributed by atoms with Crippen LogP contribution in [-0.2, 0) is 24.2 Å². The molecule has 0 unspecified atom stereocenters. The first-order valence-corrected chi connectivity index (χ1v) is 10.8. The highest BCUT2D eigenvalue weighted by molar-refractivity contribution is 7.18. The summed E-state index contributed by atoms with van der Waals surface area (Å²) in [4.78, 5) is 27.5. The maximum absolute atomic E-state index is 13.1. The molecule has 0 saturated carbocycles. The van der Waals surface area contributed by atoms with E-state index in [1.54, 1.807) is 11.3 Å². The van der Waals surface area contributed by atoms with Gasteiger partial charge in [0.05, 0.1) is 5.39 Å². The maximum atomic E-state index is 13.1. The Balaban J connectivity index is 1.61. The number of fused-ring (bicyclic) bond motifs is 3. The van der Waals surface area contributed by atoms with Crippen molar-refractivity contribution in [3.8, 4) is 0 Å². The van der Waals surface area contributed by atoms with E-state index in [2.05, 4.69) is 36.4 Å². The minimum absolute atomic E-state index is 0.147. The third-order valence-corrected chi connectivity index (χ3v) is 7.01. The van der Waals surface area contributed by atoms with Crippen molar-refractivity contribution in [2.45, 2.75) is 53.5 Å². The summed E-state index contributed by atoms with van der Waals surface area (Å²) in [6.07, 6.45) is 2.93. The third-order valence-electron chi connectivity index (χ3n) is 5.88. The summed E-state index contributed by atoms with van der Waals surface area (Å²) in [5, 5.41) is 11.8. The number of hydrogen-bond donors (Lipinski definition) is 1. The highest BCUT2D eigenvalue weighted by atomic mass is 32.1. The van der Waals surface area contributed by atoms with Crippen LogP contribution < -0.4 is 10.9 Å². The summed E-state index contributed by atoms with van der Waals surface area (Å²) in [6, 6.07) is 7.55. The first-order valence-electron chi connectivity index (χ1n) is 9.97. The predicted molar refractivity (Wildman–Crippen MR) is 116 cm³/mol. The predicted octanol–water partition coefficient (Wildman–Crippen LogP) is 3.95. The number of carbonyl (C=O) groups is 1. The molecule has 1 amide bonds. The summed E-state index contributed by atoms with van der Waals surface area (Å²) >= 11 is 1.58. The van der Waals surface area contributed by atoms with Crippen LogP contribution in [0.4, 0.5) is 5.69 Å². The highest BCUT2D eigenvalue weighted by Gasteiger charge is 2.32. The molecule has 0 aliphatic heterocycles. The van der Waals surface area contributed by atoms with Crippen LogP contribution in [0.1, 0.15) is 43.2 Å². The molecule has 6 nitrogen and oxygen atoms in total. The smallest absolute Gasteiger partial charge is 0.279 e. The average molecular weight is 411 g/mol. The Hall–Kier alpha value is -2.54. The van der Waals surface area contributed by atoms with Crippen molar-refractivity contribution in [3.05, 3.63) is 50.6 Å². The number of para-hydroxylation sites is 1. The first-order chi connectivity index (χ1) is 13.7. The van der Waals surface area contributed by atoms with E-state index in [1.807, 2.05) is 31.2 Å². The van der Waals surface area contributed by atoms with Gasteiger partial charge in [-0.25, -0.2) is 4.68 Å². The van der Waals surface area contributed by atoms with Crippen LogP contribution in [0.25, 0.3) is 10.2 Å². The normalized spacial score (nSPS) is 16.6. The van der Waals surface area contributed by atoms with E-state index in [4.69, 9.17) is 0 Å². The van der Waals surface area contributed by atoms with E-state index < -0.39 is 0 Å². The van der Waals surface area contributed by atoms with Gasteiger partial charge in [0.25, 0.3) is 5.56 Å². The quantitative estimate of drug-likeness (QED) is 0.709. The van der Waals surface area contributed by atoms with Crippen molar-refractivity contribution in [3.63, 3.8) is 0 Å². The van der Waals surface area contributed by atoms with Gasteiger partial charge < -0.3 is 5.32 Å². The largest absolute Gasteiger partial charge is 0.324 e. The molecule has 1 atom stereocenters. The van der Waals surface area contributed by atoms with Gasteiger partial charge in [0.15, 0.2) is 4.83 Å². The standard InChI is InChI=1S/C22H26N4O2S/c1-13-7-5-6-8-16(13)23-18(27)12-26-21(28)19-15-10-9-14(22(2,3)4)11-17(15)29-20(19)24-25-26/h5-8,14H,9-12H2,1-4H3,(H,23,27)/t14-/m0/s1. The van der Waals surface area contributed by atoms with Gasteiger partial charge in [0.1, 0.15) is 6.54 Å². The molecule has 152 valence electrons. The molecule has 1 aliphatic rings. The molecule has 0 saturated heterocycles. The minimum Gasteiger partial charge on any atom is -0.324 e. The van der Waals surface area contributed by atoms with Gasteiger partial charge in [-0.05, 0) is 54.7 Å². The number of aryl methyl sites for hydroxylation is 2. The number of benzene rings is 1. The number of nitrogens with zero attached hydrogens (tertiary/aromatic N) is 3. The number of rotatable bonds is 3. The second-order valence-corrected chi connectivity index (χ2v) is 9.99. The monoisotopic (exact) mass is 410 g/mol. The molecule has 1 aliphatic carbocycles. The van der Waals surface area contributed by atoms with Gasteiger partial charge in [-0.2, -0.15) is 0 Å². The molecule has 4 rings (SSSR count). The molecule has 1 N–H and O–H groups in total. The molecule has 1 aromatic carbocycles. The molecule has 0 radical (unpaired) electrons. The van der Waals surface area contributed by atoms with Crippen molar-refractivity contribution in [2.24, 2.45) is 11.3 Å². The van der Waals surface area contributed by atoms with Gasteiger partial charge in [-0.3, -0.25) is 9.59 Å². The molecular weight excluding hydrogens is 384 g/mol. The van der Waals surface area contributed by atoms with E-state index in [-0.39, 0.29) is 23.4 Å². The molecule has 3 aromatic rings. The fraction of sp³-hybridized carbons (Fsp3) is 0.455. The zero-order valence-corrected chi connectivity index (χ0v) is 18.1. The lowest BCUT2D eigenvalue weighted by molar-refractivity contribution is -0.117. The molecule has 0 spiro atoms. The van der Waals surface area contributed by atoms with Crippen molar-refractivity contribution in [1.82, 2.24) is 15.0 Å². The van der Waals surface area contributed by atoms with Gasteiger partial charge in [0, 0.05) is 10.6 Å². The van der Waals surface area contributed by atoms with E-state index >= 15 is 0 Å². The number of hydrogen-bond acceptors (Lipinski definition) is 5. The Morgan fingerprint density at radius 3 is 2.79 bits per heavy atom. The van der Waals surface area contributed by atoms with Gasteiger partial charge in [-0.15, -0.1) is 16.4 Å². The summed E-state index contributed by atoms with van der Waals surface area (Å²) in [7, 11) is 0. The molecule has 29 heavy (non-hydrogen) atoms. The topological polar surface area (TPSA) is 76.9 Å². The van der Waals surface area contributed by atoms with Gasteiger partial charge in [0.2, 0.25) is 5.91 Å². The van der Waals surface area contributed by atoms with Crippen LogP contribution in [0.5, 0.6) is 0 Å². The lowest BCUT2D eigenvalue weighted by Crippen LogP contribution is -2.31. The van der Waals surface area contributed by atoms with E-state index in [1.165, 1.54) is 9.56 Å². The molecular formula is C22H26N4O2S. The van der Waals surface area contributed by atoms with Crippen LogP contribution in [0.15, 0.2) is 29.1 Å². The zero-order chi connectivity index (χ0) is 20.8. The molecule has 7 heteroatoms. The van der Waals surface area contributed by atoms with E-state index in [9.17, 15) is 9.59 Å². The van der Waals surface area contributed by atoms with Gasteiger partial charge in [-0.1, -0.05) is 44.2 Å². The Morgan fingerprint density at radius 2 is 2.07 bits per heavy atom. The van der Waals surface area contributed by atoms with Crippen molar-refractivity contribution in [1.29, 1.82) is 0 Å². The Labute approximate surface area is 173 Å². The number of amides is 1. The fourth-order valence-corrected chi connectivity index (χ4v) is 5.24. The molecule has 2 aromatic heterocycles. The Bertz CT molecular complexity index is 1140. The van der Waals surface area contributed by atoms with Crippen LogP contribution >= 0.6 is 11.3 Å². The van der Waals surface area contributed by atoms with E-state index in [0.29, 0.717) is 16.1 Å². The summed E-state index contributed by atoms with van der Waals surface area (Å²) in [6.45, 7) is 8.60. The SMILES string of the molecule is Cc1ccccc1NC(=O)Cn1nnc2sc3c(c2c1=O)CC[C@H](C(C)(C)C)C3. The summed E-state index contributed by atoms with van der Waals surface area (Å²) in [5.74, 6) is 0.310. The van der Waals surface area contributed by atoms with Crippen LogP contribution in [0, 0.1) is 18.3 Å². The van der Waals surface area contributed by atoms with Crippen LogP contribution in [0.2, 0.25) is 0 Å². The second-order valence-electron chi connectivity index (χ2n) is 8.91. The Morgan fingerprint density at radius 1 is 1.31 bits per heavy atom. The number of anilines is 1. The second kappa shape index (κ2) is 7.37. The first kappa shape index (κ1) is 19.8. The van der Waals surface area contributed by atoms with Crippen LogP contribution in [-0.4, -0.2) is 20.9 Å². The van der Waals surface area contributed by atoms with Crippen molar-refractivity contribution >= 4 is 33.1 Å². The third kappa shape index (κ3) is 3.83.